The topological polar surface area (TPSA) is 68.4 Å². The summed E-state index contributed by atoms with van der Waals surface area (Å²) < 4.78 is 2.74. The maximum Gasteiger partial charge on any atom is 0.243 e. The Kier molecular flexibility index (Phi) is 6.31. The molecule has 6 rings (SSSR count). The molecule has 0 radical (unpaired) electrons. The molecule has 0 N–H and O–H groups in total. The van der Waals surface area contributed by atoms with E-state index >= 15 is 4.79 Å². The van der Waals surface area contributed by atoms with Gasteiger partial charge in [-0.25, -0.2) is 0 Å². The van der Waals surface area contributed by atoms with E-state index in [9.17, 15) is 10.1 Å². The second-order valence-corrected chi connectivity index (χ2v) is 10.8. The van der Waals surface area contributed by atoms with E-state index in [2.05, 4.69) is 15.9 Å². The van der Waals surface area contributed by atoms with Crippen LogP contribution in [0.15, 0.2) is 114 Å². The number of rotatable bonds is 7. The molecule has 7 heteroatoms. The van der Waals surface area contributed by atoms with Gasteiger partial charge in [0, 0.05) is 39.2 Å². The molecule has 6 nitrogen and oxygen atoms in total. The van der Waals surface area contributed by atoms with Gasteiger partial charge in [0.2, 0.25) is 12.5 Å². The van der Waals surface area contributed by atoms with Crippen molar-refractivity contribution in [2.75, 3.05) is 11.4 Å². The molecule has 1 aliphatic rings. The largest absolute Gasteiger partial charge is 0.350 e. The van der Waals surface area contributed by atoms with Crippen LogP contribution in [0.25, 0.3) is 10.9 Å². The standard InChI is InChI=1S/C32H26BrN3O3/c1-34-20-26(24-14-6-9-17-29(24)34)32(27(21-36(38)39)23-13-5-8-16-28(23)33)25-15-7-10-18-30(25)35(31(32)37)19-22-11-3-2-4-12-22/h2-18,20,27H,19,21H2,1H3/t27-,32+/m1/s1. The Morgan fingerprint density at radius 3 is 2.31 bits per heavy atom. The fourth-order valence-electron chi connectivity index (χ4n) is 6.22. The van der Waals surface area contributed by atoms with Gasteiger partial charge in [0.1, 0.15) is 5.41 Å². The number of hydrogen-bond donors (Lipinski definition) is 0. The first-order chi connectivity index (χ1) is 18.9. The van der Waals surface area contributed by atoms with Crippen LogP contribution in [0, 0.1) is 10.1 Å². The molecule has 2 atom stereocenters. The summed E-state index contributed by atoms with van der Waals surface area (Å²) in [6.07, 6.45) is 1.98. The molecule has 0 aliphatic carbocycles. The molecule has 0 fully saturated rings. The number of carbonyl (C=O) groups is 1. The third-order valence-electron chi connectivity index (χ3n) is 7.84. The number of para-hydroxylation sites is 2. The van der Waals surface area contributed by atoms with Crippen LogP contribution in [0.3, 0.4) is 0 Å². The number of nitro groups is 1. The first-order valence-corrected chi connectivity index (χ1v) is 13.6. The van der Waals surface area contributed by atoms with Crippen molar-refractivity contribution < 1.29 is 9.72 Å². The van der Waals surface area contributed by atoms with Gasteiger partial charge in [-0.15, -0.1) is 0 Å². The summed E-state index contributed by atoms with van der Waals surface area (Å²) in [6.45, 7) is -0.0462. The molecule has 1 amide bonds. The minimum Gasteiger partial charge on any atom is -0.350 e. The third kappa shape index (κ3) is 3.96. The predicted octanol–water partition coefficient (Wildman–Crippen LogP) is 6.83. The number of carbonyl (C=O) groups excluding carboxylic acids is 1. The van der Waals surface area contributed by atoms with Crippen molar-refractivity contribution >= 4 is 38.4 Å². The van der Waals surface area contributed by atoms with E-state index in [1.54, 1.807) is 4.90 Å². The van der Waals surface area contributed by atoms with Gasteiger partial charge in [-0.2, -0.15) is 0 Å². The molecule has 0 unspecified atom stereocenters. The maximum absolute atomic E-state index is 15.1. The van der Waals surface area contributed by atoms with E-state index in [4.69, 9.17) is 0 Å². The monoisotopic (exact) mass is 579 g/mol. The van der Waals surface area contributed by atoms with Gasteiger partial charge < -0.3 is 9.47 Å². The molecule has 0 bridgehead atoms. The number of benzene rings is 4. The average Bonchev–Trinajstić information content (AvgIpc) is 3.40. The highest BCUT2D eigenvalue weighted by Gasteiger charge is 2.59. The second-order valence-electron chi connectivity index (χ2n) is 9.96. The van der Waals surface area contributed by atoms with Gasteiger partial charge in [0.05, 0.1) is 12.5 Å². The molecule has 194 valence electrons. The van der Waals surface area contributed by atoms with Gasteiger partial charge in [-0.05, 0) is 40.5 Å². The van der Waals surface area contributed by atoms with Crippen molar-refractivity contribution in [3.05, 3.63) is 146 Å². The highest BCUT2D eigenvalue weighted by molar-refractivity contribution is 9.10. The van der Waals surface area contributed by atoms with Crippen LogP contribution in [0.2, 0.25) is 0 Å². The van der Waals surface area contributed by atoms with Crippen molar-refractivity contribution in [2.45, 2.75) is 17.9 Å². The lowest BCUT2D eigenvalue weighted by atomic mass is 9.64. The maximum atomic E-state index is 15.1. The molecule has 0 spiro atoms. The summed E-state index contributed by atoms with van der Waals surface area (Å²) in [5.41, 5.74) is 3.68. The number of halogens is 1. The Labute approximate surface area is 234 Å². The Bertz CT molecular complexity index is 1710. The second kappa shape index (κ2) is 9.82. The SMILES string of the molecule is Cn1cc([C@@]2([C@H](C[N+](=O)[O-])c3ccccc3Br)C(=O)N(Cc3ccccc3)c3ccccc32)c2ccccc21. The van der Waals surface area contributed by atoms with E-state index in [0.29, 0.717) is 6.54 Å². The molecular formula is C32H26BrN3O3. The first kappa shape index (κ1) is 25.1. The van der Waals surface area contributed by atoms with Crippen LogP contribution in [0.1, 0.15) is 28.2 Å². The van der Waals surface area contributed by atoms with Gasteiger partial charge >= 0.3 is 0 Å². The van der Waals surface area contributed by atoms with Gasteiger partial charge in [-0.3, -0.25) is 14.9 Å². The number of hydrogen-bond acceptors (Lipinski definition) is 3. The summed E-state index contributed by atoms with van der Waals surface area (Å²) >= 11 is 3.66. The molecule has 39 heavy (non-hydrogen) atoms. The third-order valence-corrected chi connectivity index (χ3v) is 8.56. The fraction of sp³-hybridized carbons (Fsp3) is 0.156. The van der Waals surface area contributed by atoms with Crippen LogP contribution in [0.5, 0.6) is 0 Å². The quantitative estimate of drug-likeness (QED) is 0.157. The highest BCUT2D eigenvalue weighted by atomic mass is 79.9. The van der Waals surface area contributed by atoms with Gasteiger partial charge in [0.25, 0.3) is 0 Å². The number of nitrogens with zero attached hydrogens (tertiary/aromatic N) is 3. The number of anilines is 1. The predicted molar refractivity (Wildman–Crippen MR) is 157 cm³/mol. The molecule has 1 aliphatic heterocycles. The van der Waals surface area contributed by atoms with Crippen molar-refractivity contribution in [3.8, 4) is 0 Å². The van der Waals surface area contributed by atoms with E-state index in [1.807, 2.05) is 121 Å². The minimum atomic E-state index is -1.33. The summed E-state index contributed by atoms with van der Waals surface area (Å²) in [5, 5.41) is 13.3. The van der Waals surface area contributed by atoms with Crippen LogP contribution in [0.4, 0.5) is 5.69 Å². The minimum absolute atomic E-state index is 0.161. The van der Waals surface area contributed by atoms with Crippen molar-refractivity contribution in [3.63, 3.8) is 0 Å². The Balaban J connectivity index is 1.71. The lowest BCUT2D eigenvalue weighted by molar-refractivity contribution is -0.484. The smallest absolute Gasteiger partial charge is 0.243 e. The number of aromatic nitrogens is 1. The highest BCUT2D eigenvalue weighted by Crippen LogP contribution is 2.56. The van der Waals surface area contributed by atoms with Crippen LogP contribution in [-0.2, 0) is 23.8 Å². The van der Waals surface area contributed by atoms with E-state index in [-0.39, 0.29) is 10.8 Å². The summed E-state index contributed by atoms with van der Waals surface area (Å²) in [4.78, 5) is 29.0. The zero-order chi connectivity index (χ0) is 27.1. The summed E-state index contributed by atoms with van der Waals surface area (Å²) in [5.74, 6) is -0.935. The van der Waals surface area contributed by atoms with Crippen LogP contribution >= 0.6 is 15.9 Å². The molecule has 0 saturated carbocycles. The van der Waals surface area contributed by atoms with Crippen molar-refractivity contribution in [1.29, 1.82) is 0 Å². The van der Waals surface area contributed by atoms with E-state index < -0.39 is 17.9 Å². The Morgan fingerprint density at radius 1 is 0.872 bits per heavy atom. The average molecular weight is 580 g/mol. The molecule has 4 aromatic carbocycles. The molecule has 2 heterocycles. The van der Waals surface area contributed by atoms with Crippen molar-refractivity contribution in [1.82, 2.24) is 4.57 Å². The normalized spacial score (nSPS) is 17.4. The number of fused-ring (bicyclic) bond motifs is 2. The Morgan fingerprint density at radius 2 is 1.54 bits per heavy atom. The molecule has 0 saturated heterocycles. The first-order valence-electron chi connectivity index (χ1n) is 12.8. The lowest BCUT2D eigenvalue weighted by Gasteiger charge is -2.36. The van der Waals surface area contributed by atoms with Crippen LogP contribution in [-0.4, -0.2) is 21.9 Å². The summed E-state index contributed by atoms with van der Waals surface area (Å²) in [6, 6.07) is 33.1. The van der Waals surface area contributed by atoms with Gasteiger partial charge in [0.15, 0.2) is 0 Å². The molecule has 1 aromatic heterocycles. The van der Waals surface area contributed by atoms with Crippen molar-refractivity contribution in [2.24, 2.45) is 7.05 Å². The van der Waals surface area contributed by atoms with E-state index in [0.717, 1.165) is 43.3 Å². The zero-order valence-corrected chi connectivity index (χ0v) is 22.9. The Hall–Kier alpha value is -4.23. The fourth-order valence-corrected chi connectivity index (χ4v) is 6.78. The van der Waals surface area contributed by atoms with Crippen LogP contribution < -0.4 is 4.90 Å². The number of aryl methyl sites for hydroxylation is 1. The molecular weight excluding hydrogens is 554 g/mol. The summed E-state index contributed by atoms with van der Waals surface area (Å²) in [7, 11) is 1.95. The molecule has 5 aromatic rings. The van der Waals surface area contributed by atoms with Gasteiger partial charge in [-0.1, -0.05) is 101 Å². The number of amides is 1. The van der Waals surface area contributed by atoms with E-state index in [1.165, 1.54) is 0 Å². The zero-order valence-electron chi connectivity index (χ0n) is 21.3. The lowest BCUT2D eigenvalue weighted by Crippen LogP contribution is -2.47.